The van der Waals surface area contributed by atoms with E-state index in [0.717, 1.165) is 31.6 Å². The zero-order chi connectivity index (χ0) is 18.3. The maximum absolute atomic E-state index is 12.6. The lowest BCUT2D eigenvalue weighted by Gasteiger charge is -1.97. The van der Waals surface area contributed by atoms with Crippen LogP contribution in [-0.4, -0.2) is 29.9 Å². The third-order valence-electron chi connectivity index (χ3n) is 3.89. The lowest BCUT2D eigenvalue weighted by atomic mass is 10.2. The van der Waals surface area contributed by atoms with E-state index in [-0.39, 0.29) is 0 Å². The van der Waals surface area contributed by atoms with Gasteiger partial charge in [0, 0.05) is 11.5 Å². The molecular formula is C18H16N2O2S4. The van der Waals surface area contributed by atoms with Crippen LogP contribution < -0.4 is 0 Å². The zero-order valence-corrected chi connectivity index (χ0v) is 17.5. The minimum atomic E-state index is -1.25. The van der Waals surface area contributed by atoms with Gasteiger partial charge in [0.2, 0.25) is 0 Å². The van der Waals surface area contributed by atoms with Gasteiger partial charge >= 0.3 is 0 Å². The molecule has 0 bridgehead atoms. The highest BCUT2D eigenvalue weighted by Gasteiger charge is 2.15. The summed E-state index contributed by atoms with van der Waals surface area (Å²) in [5, 5.41) is 0. The number of nitrogens with zero attached hydrogens (tertiary/aromatic N) is 2. The van der Waals surface area contributed by atoms with Gasteiger partial charge in [0.25, 0.3) is 0 Å². The second-order valence-electron chi connectivity index (χ2n) is 6.00. The molecule has 4 rings (SSSR count). The molecule has 134 valence electrons. The summed E-state index contributed by atoms with van der Waals surface area (Å²) in [5.74, 6) is 0.640. The Morgan fingerprint density at radius 1 is 0.769 bits per heavy atom. The molecule has 0 spiro atoms. The first-order chi connectivity index (χ1) is 12.5. The zero-order valence-electron chi connectivity index (χ0n) is 14.2. The van der Waals surface area contributed by atoms with Crippen molar-refractivity contribution in [3.05, 3.63) is 47.5 Å². The molecule has 0 aliphatic heterocycles. The predicted molar refractivity (Wildman–Crippen MR) is 111 cm³/mol. The summed E-state index contributed by atoms with van der Waals surface area (Å²) in [5.41, 5.74) is 4.05. The fourth-order valence-electron chi connectivity index (χ4n) is 2.54. The number of hydrogen-bond acceptors (Lipinski definition) is 6. The number of aryl methyl sites for hydroxylation is 2. The van der Waals surface area contributed by atoms with E-state index in [2.05, 4.69) is 22.1 Å². The van der Waals surface area contributed by atoms with Crippen LogP contribution in [0.25, 0.3) is 20.4 Å². The molecule has 2 heterocycles. The van der Waals surface area contributed by atoms with Gasteiger partial charge in [0.05, 0.1) is 42.0 Å². The van der Waals surface area contributed by atoms with E-state index < -0.39 is 21.6 Å². The smallest absolute Gasteiger partial charge is 0.181 e. The van der Waals surface area contributed by atoms with Crippen molar-refractivity contribution in [1.29, 1.82) is 0 Å². The van der Waals surface area contributed by atoms with Crippen molar-refractivity contribution < 1.29 is 8.42 Å². The quantitative estimate of drug-likeness (QED) is 0.479. The molecule has 0 N–H and O–H groups in total. The Balaban J connectivity index is 1.47. The fraction of sp³-hybridized carbons (Fsp3) is 0.222. The maximum atomic E-state index is 12.6. The average molecular weight is 421 g/mol. The Kier molecular flexibility index (Phi) is 5.00. The minimum Gasteiger partial charge on any atom is -0.252 e. The van der Waals surface area contributed by atoms with Gasteiger partial charge < -0.3 is 0 Å². The second-order valence-corrected chi connectivity index (χ2v) is 11.6. The monoisotopic (exact) mass is 420 g/mol. The molecule has 2 aromatic carbocycles. The normalized spacial score (nSPS) is 14.1. The number of hydrogen-bond donors (Lipinski definition) is 0. The standard InChI is InChI=1S/C18H16N2O2S4/c1-11-3-5-13-15(9-11)23-17(19-13)25(21)7-8-26(22)18-20-14-6-4-12(2)10-16(14)24-18/h3-6,9-10H,7-8H2,1-2H3. The van der Waals surface area contributed by atoms with Gasteiger partial charge in [0.15, 0.2) is 8.68 Å². The van der Waals surface area contributed by atoms with E-state index in [1.165, 1.54) is 22.7 Å². The van der Waals surface area contributed by atoms with Crippen LogP contribution in [-0.2, 0) is 21.6 Å². The topological polar surface area (TPSA) is 59.9 Å². The second kappa shape index (κ2) is 7.26. The number of thiazole rings is 2. The first kappa shape index (κ1) is 17.9. The number of fused-ring (bicyclic) bond motifs is 2. The summed E-state index contributed by atoms with van der Waals surface area (Å²) in [7, 11) is -2.49. The summed E-state index contributed by atoms with van der Waals surface area (Å²) < 4.78 is 28.4. The molecule has 0 aliphatic carbocycles. The van der Waals surface area contributed by atoms with E-state index in [1.807, 2.05) is 38.1 Å². The summed E-state index contributed by atoms with van der Waals surface area (Å²) in [6.45, 7) is 4.05. The largest absolute Gasteiger partial charge is 0.252 e. The summed E-state index contributed by atoms with van der Waals surface area (Å²) in [6, 6.07) is 12.0. The van der Waals surface area contributed by atoms with Crippen LogP contribution in [0.5, 0.6) is 0 Å². The van der Waals surface area contributed by atoms with Crippen molar-refractivity contribution in [2.45, 2.75) is 22.5 Å². The van der Waals surface area contributed by atoms with Gasteiger partial charge in [-0.15, -0.1) is 22.7 Å². The summed E-state index contributed by atoms with van der Waals surface area (Å²) in [6.07, 6.45) is 0. The summed E-state index contributed by atoms with van der Waals surface area (Å²) >= 11 is 2.90. The fourth-order valence-corrected chi connectivity index (χ4v) is 7.88. The van der Waals surface area contributed by atoms with E-state index in [4.69, 9.17) is 0 Å². The Bertz CT molecular complexity index is 1070. The first-order valence-electron chi connectivity index (χ1n) is 8.01. The highest BCUT2D eigenvalue weighted by atomic mass is 32.2. The molecule has 0 saturated heterocycles. The lowest BCUT2D eigenvalue weighted by Crippen LogP contribution is -2.08. The van der Waals surface area contributed by atoms with Crippen LogP contribution in [0.3, 0.4) is 0 Å². The van der Waals surface area contributed by atoms with Crippen LogP contribution in [0.1, 0.15) is 11.1 Å². The van der Waals surface area contributed by atoms with Gasteiger partial charge in [-0.3, -0.25) is 8.42 Å². The first-order valence-corrected chi connectivity index (χ1v) is 12.3. The van der Waals surface area contributed by atoms with Crippen molar-refractivity contribution in [2.24, 2.45) is 0 Å². The van der Waals surface area contributed by atoms with Crippen molar-refractivity contribution in [3.8, 4) is 0 Å². The van der Waals surface area contributed by atoms with Crippen molar-refractivity contribution in [2.75, 3.05) is 11.5 Å². The molecule has 0 amide bonds. The molecule has 0 radical (unpaired) electrons. The molecule has 26 heavy (non-hydrogen) atoms. The molecule has 0 aliphatic rings. The highest BCUT2D eigenvalue weighted by molar-refractivity contribution is 7.91. The number of benzene rings is 2. The van der Waals surface area contributed by atoms with Gasteiger partial charge in [-0.2, -0.15) is 0 Å². The number of rotatable bonds is 5. The highest BCUT2D eigenvalue weighted by Crippen LogP contribution is 2.27. The molecule has 4 nitrogen and oxygen atoms in total. The van der Waals surface area contributed by atoms with Gasteiger partial charge in [0.1, 0.15) is 0 Å². The van der Waals surface area contributed by atoms with Gasteiger partial charge in [-0.05, 0) is 49.2 Å². The third-order valence-corrected chi connectivity index (χ3v) is 9.50. The van der Waals surface area contributed by atoms with Crippen LogP contribution in [0.15, 0.2) is 45.1 Å². The number of aromatic nitrogens is 2. The van der Waals surface area contributed by atoms with Crippen molar-refractivity contribution in [1.82, 2.24) is 9.97 Å². The van der Waals surface area contributed by atoms with Gasteiger partial charge in [-0.1, -0.05) is 12.1 Å². The van der Waals surface area contributed by atoms with Crippen molar-refractivity contribution >= 4 is 64.7 Å². The van der Waals surface area contributed by atoms with Gasteiger partial charge in [-0.25, -0.2) is 9.97 Å². The summed E-state index contributed by atoms with van der Waals surface area (Å²) in [4.78, 5) is 8.91. The molecule has 0 fully saturated rings. The van der Waals surface area contributed by atoms with Crippen LogP contribution in [0.4, 0.5) is 0 Å². The van der Waals surface area contributed by atoms with Crippen LogP contribution in [0.2, 0.25) is 0 Å². The third kappa shape index (κ3) is 3.64. The molecule has 8 heteroatoms. The van der Waals surface area contributed by atoms with E-state index >= 15 is 0 Å². The molecule has 0 saturated carbocycles. The molecule has 2 unspecified atom stereocenters. The molecule has 4 aromatic rings. The Labute approximate surface area is 164 Å². The molecule has 2 atom stereocenters. The molecule has 2 aromatic heterocycles. The Hall–Kier alpha value is -1.48. The minimum absolute atomic E-state index is 0.320. The van der Waals surface area contributed by atoms with Crippen LogP contribution in [0, 0.1) is 13.8 Å². The van der Waals surface area contributed by atoms with E-state index in [0.29, 0.717) is 20.2 Å². The van der Waals surface area contributed by atoms with Crippen LogP contribution >= 0.6 is 22.7 Å². The van der Waals surface area contributed by atoms with Crippen molar-refractivity contribution in [3.63, 3.8) is 0 Å². The SMILES string of the molecule is Cc1ccc2nc(S(=O)CCS(=O)c3nc4ccc(C)cc4s3)sc2c1. The average Bonchev–Trinajstić information content (AvgIpc) is 3.22. The Morgan fingerprint density at radius 3 is 1.62 bits per heavy atom. The van der Waals surface area contributed by atoms with E-state index in [9.17, 15) is 8.42 Å². The lowest BCUT2D eigenvalue weighted by molar-refractivity contribution is 0.677. The Morgan fingerprint density at radius 2 is 1.19 bits per heavy atom. The van der Waals surface area contributed by atoms with E-state index in [1.54, 1.807) is 0 Å². The maximum Gasteiger partial charge on any atom is 0.181 e. The predicted octanol–water partition coefficient (Wildman–Crippen LogP) is 4.44. The molecular weight excluding hydrogens is 404 g/mol.